The summed E-state index contributed by atoms with van der Waals surface area (Å²) in [6.45, 7) is 3.08. The summed E-state index contributed by atoms with van der Waals surface area (Å²) in [5, 5.41) is 11.6. The van der Waals surface area contributed by atoms with Crippen molar-refractivity contribution in [2.75, 3.05) is 33.4 Å². The van der Waals surface area contributed by atoms with Crippen LogP contribution in [0, 0.1) is 5.41 Å². The number of methoxy groups -OCH3 is 1. The third-order valence-electron chi connectivity index (χ3n) is 3.66. The first-order valence-corrected chi connectivity index (χ1v) is 6.70. The third-order valence-corrected chi connectivity index (χ3v) is 3.66. The number of aliphatic carboxylic acids is 1. The van der Waals surface area contributed by atoms with Crippen LogP contribution in [-0.2, 0) is 9.53 Å². The number of hydrogen-bond donors (Lipinski definition) is 2. The molecule has 1 saturated carbocycles. The predicted octanol–water partition coefficient (Wildman–Crippen LogP) is 1.31. The SMILES string of the molecule is COCCN(CC(=O)O)C(=O)NCC1(C)CCCC1. The van der Waals surface area contributed by atoms with Gasteiger partial charge in [-0.15, -0.1) is 0 Å². The average molecular weight is 272 g/mol. The minimum absolute atomic E-state index is 0.159. The molecule has 6 heteroatoms. The highest BCUT2D eigenvalue weighted by molar-refractivity contribution is 5.80. The van der Waals surface area contributed by atoms with E-state index in [9.17, 15) is 9.59 Å². The Kier molecular flexibility index (Phi) is 6.08. The number of carbonyl (C=O) groups is 2. The number of carboxylic acids is 1. The average Bonchev–Trinajstić information content (AvgIpc) is 2.78. The lowest BCUT2D eigenvalue weighted by atomic mass is 9.89. The Labute approximate surface area is 114 Å². The summed E-state index contributed by atoms with van der Waals surface area (Å²) >= 11 is 0. The number of nitrogens with zero attached hydrogens (tertiary/aromatic N) is 1. The van der Waals surface area contributed by atoms with Crippen LogP contribution in [0.1, 0.15) is 32.6 Å². The molecule has 0 unspecified atom stereocenters. The molecule has 0 aliphatic heterocycles. The Hall–Kier alpha value is -1.30. The molecule has 0 aromatic carbocycles. The van der Waals surface area contributed by atoms with Crippen LogP contribution in [0.25, 0.3) is 0 Å². The molecule has 0 heterocycles. The van der Waals surface area contributed by atoms with Crippen LogP contribution in [-0.4, -0.2) is 55.4 Å². The van der Waals surface area contributed by atoms with E-state index in [1.165, 1.54) is 24.9 Å². The molecule has 110 valence electrons. The van der Waals surface area contributed by atoms with Gasteiger partial charge in [-0.25, -0.2) is 4.79 Å². The molecule has 6 nitrogen and oxygen atoms in total. The topological polar surface area (TPSA) is 78.9 Å². The molecule has 1 fully saturated rings. The highest BCUT2D eigenvalue weighted by Crippen LogP contribution is 2.36. The Morgan fingerprint density at radius 3 is 2.53 bits per heavy atom. The maximum absolute atomic E-state index is 12.0. The van der Waals surface area contributed by atoms with Crippen molar-refractivity contribution < 1.29 is 19.4 Å². The van der Waals surface area contributed by atoms with Crippen LogP contribution < -0.4 is 5.32 Å². The van der Waals surface area contributed by atoms with Gasteiger partial charge < -0.3 is 20.1 Å². The number of carboxylic acid groups (broad SMARTS) is 1. The van der Waals surface area contributed by atoms with Gasteiger partial charge in [0.2, 0.25) is 0 Å². The Bertz CT molecular complexity index is 314. The van der Waals surface area contributed by atoms with Crippen molar-refractivity contribution >= 4 is 12.0 Å². The molecule has 1 aliphatic rings. The van der Waals surface area contributed by atoms with Gasteiger partial charge in [0.1, 0.15) is 6.54 Å². The summed E-state index contributed by atoms with van der Waals surface area (Å²) in [5.74, 6) is -1.02. The quantitative estimate of drug-likeness (QED) is 0.732. The molecule has 0 radical (unpaired) electrons. The molecular weight excluding hydrogens is 248 g/mol. The van der Waals surface area contributed by atoms with Crippen LogP contribution in [0.5, 0.6) is 0 Å². The highest BCUT2D eigenvalue weighted by Gasteiger charge is 2.29. The van der Waals surface area contributed by atoms with Gasteiger partial charge in [0.25, 0.3) is 0 Å². The number of urea groups is 1. The first-order valence-electron chi connectivity index (χ1n) is 6.70. The van der Waals surface area contributed by atoms with Crippen LogP contribution in [0.2, 0.25) is 0 Å². The number of amides is 2. The third kappa shape index (κ3) is 5.46. The molecule has 19 heavy (non-hydrogen) atoms. The van der Waals surface area contributed by atoms with E-state index in [0.717, 1.165) is 12.8 Å². The monoisotopic (exact) mass is 272 g/mol. The van der Waals surface area contributed by atoms with E-state index in [2.05, 4.69) is 12.2 Å². The van der Waals surface area contributed by atoms with Gasteiger partial charge in [-0.05, 0) is 18.3 Å². The molecule has 1 aliphatic carbocycles. The molecule has 0 aromatic heterocycles. The van der Waals surface area contributed by atoms with Crippen molar-refractivity contribution in [2.24, 2.45) is 5.41 Å². The van der Waals surface area contributed by atoms with Crippen molar-refractivity contribution in [2.45, 2.75) is 32.6 Å². The van der Waals surface area contributed by atoms with E-state index in [-0.39, 0.29) is 24.5 Å². The van der Waals surface area contributed by atoms with Gasteiger partial charge in [0, 0.05) is 20.2 Å². The van der Waals surface area contributed by atoms with E-state index in [1.807, 2.05) is 0 Å². The van der Waals surface area contributed by atoms with Gasteiger partial charge in [0.15, 0.2) is 0 Å². The normalized spacial score (nSPS) is 17.2. The summed E-state index contributed by atoms with van der Waals surface area (Å²) in [4.78, 5) is 24.0. The maximum atomic E-state index is 12.0. The molecule has 2 N–H and O–H groups in total. The summed E-state index contributed by atoms with van der Waals surface area (Å²) in [6, 6.07) is -0.326. The fourth-order valence-corrected chi connectivity index (χ4v) is 2.42. The fourth-order valence-electron chi connectivity index (χ4n) is 2.42. The lowest BCUT2D eigenvalue weighted by Crippen LogP contribution is -2.46. The molecular formula is C13H24N2O4. The molecule has 0 atom stereocenters. The lowest BCUT2D eigenvalue weighted by molar-refractivity contribution is -0.137. The number of rotatable bonds is 7. The van der Waals surface area contributed by atoms with Gasteiger partial charge in [-0.2, -0.15) is 0 Å². The zero-order chi connectivity index (χ0) is 14.3. The molecule has 0 aromatic rings. The van der Waals surface area contributed by atoms with Crippen molar-refractivity contribution in [3.63, 3.8) is 0 Å². The summed E-state index contributed by atoms with van der Waals surface area (Å²) < 4.78 is 4.89. The molecule has 1 rings (SSSR count). The van der Waals surface area contributed by atoms with Crippen LogP contribution in [0.4, 0.5) is 4.79 Å². The second-order valence-electron chi connectivity index (χ2n) is 5.48. The van der Waals surface area contributed by atoms with Crippen molar-refractivity contribution in [1.82, 2.24) is 10.2 Å². The molecule has 0 saturated heterocycles. The maximum Gasteiger partial charge on any atom is 0.323 e. The summed E-state index contributed by atoms with van der Waals surface area (Å²) in [6.07, 6.45) is 4.64. The predicted molar refractivity (Wildman–Crippen MR) is 71.1 cm³/mol. The molecule has 2 amide bonds. The second kappa shape index (κ2) is 7.33. The minimum Gasteiger partial charge on any atom is -0.480 e. The van der Waals surface area contributed by atoms with Crippen LogP contribution >= 0.6 is 0 Å². The number of hydrogen-bond acceptors (Lipinski definition) is 3. The molecule has 0 spiro atoms. The molecule has 0 bridgehead atoms. The Morgan fingerprint density at radius 2 is 2.00 bits per heavy atom. The first kappa shape index (κ1) is 15.8. The minimum atomic E-state index is -1.02. The Balaban J connectivity index is 2.43. The van der Waals surface area contributed by atoms with Gasteiger partial charge in [0.05, 0.1) is 6.61 Å². The smallest absolute Gasteiger partial charge is 0.323 e. The van der Waals surface area contributed by atoms with Gasteiger partial charge >= 0.3 is 12.0 Å². The number of carbonyl (C=O) groups excluding carboxylic acids is 1. The lowest BCUT2D eigenvalue weighted by Gasteiger charge is -2.27. The standard InChI is InChI=1S/C13H24N2O4/c1-13(5-3-4-6-13)10-14-12(18)15(7-8-19-2)9-11(16)17/h3-10H2,1-2H3,(H,14,18)(H,16,17). The summed E-state index contributed by atoms with van der Waals surface area (Å²) in [5.41, 5.74) is 0.159. The van der Waals surface area contributed by atoms with Gasteiger partial charge in [-0.1, -0.05) is 19.8 Å². The van der Waals surface area contributed by atoms with E-state index in [4.69, 9.17) is 9.84 Å². The highest BCUT2D eigenvalue weighted by atomic mass is 16.5. The number of nitrogens with one attached hydrogen (secondary N) is 1. The second-order valence-corrected chi connectivity index (χ2v) is 5.48. The van der Waals surface area contributed by atoms with E-state index in [1.54, 1.807) is 0 Å². The van der Waals surface area contributed by atoms with Crippen molar-refractivity contribution in [3.8, 4) is 0 Å². The largest absolute Gasteiger partial charge is 0.480 e. The zero-order valence-corrected chi connectivity index (χ0v) is 11.8. The van der Waals surface area contributed by atoms with Gasteiger partial charge in [-0.3, -0.25) is 4.79 Å². The van der Waals surface area contributed by atoms with Crippen LogP contribution in [0.15, 0.2) is 0 Å². The number of ether oxygens (including phenoxy) is 1. The van der Waals surface area contributed by atoms with E-state index >= 15 is 0 Å². The fraction of sp³-hybridized carbons (Fsp3) is 0.846. The van der Waals surface area contributed by atoms with Crippen LogP contribution in [0.3, 0.4) is 0 Å². The summed E-state index contributed by atoms with van der Waals surface area (Å²) in [7, 11) is 1.52. The van der Waals surface area contributed by atoms with Crippen molar-refractivity contribution in [3.05, 3.63) is 0 Å². The van der Waals surface area contributed by atoms with E-state index in [0.29, 0.717) is 13.2 Å². The van der Waals surface area contributed by atoms with Crippen molar-refractivity contribution in [1.29, 1.82) is 0 Å². The van der Waals surface area contributed by atoms with E-state index < -0.39 is 5.97 Å². The Morgan fingerprint density at radius 1 is 1.37 bits per heavy atom. The first-order chi connectivity index (χ1) is 8.97. The zero-order valence-electron chi connectivity index (χ0n) is 11.8.